The van der Waals surface area contributed by atoms with E-state index >= 15 is 0 Å². The van der Waals surface area contributed by atoms with Crippen LogP contribution in [0.2, 0.25) is 0 Å². The predicted octanol–water partition coefficient (Wildman–Crippen LogP) is 4.26. The highest BCUT2D eigenvalue weighted by Gasteiger charge is 2.17. The van der Waals surface area contributed by atoms with Gasteiger partial charge in [-0.15, -0.1) is 0 Å². The van der Waals surface area contributed by atoms with Crippen molar-refractivity contribution in [2.75, 3.05) is 5.32 Å². The number of hydrogen-bond acceptors (Lipinski definition) is 3. The van der Waals surface area contributed by atoms with Crippen LogP contribution >= 0.6 is 0 Å². The Morgan fingerprint density at radius 3 is 2.48 bits per heavy atom. The van der Waals surface area contributed by atoms with Gasteiger partial charge >= 0.3 is 0 Å². The molecule has 0 saturated heterocycles. The molecule has 5 rings (SSSR count). The second-order valence-corrected chi connectivity index (χ2v) is 7.22. The summed E-state index contributed by atoms with van der Waals surface area (Å²) in [6.07, 6.45) is 1.74. The molecular formula is C24H19N3O2. The Kier molecular flexibility index (Phi) is 4.21. The zero-order valence-corrected chi connectivity index (χ0v) is 15.8. The average molecular weight is 381 g/mol. The zero-order valence-electron chi connectivity index (χ0n) is 15.8. The van der Waals surface area contributed by atoms with Gasteiger partial charge in [0.05, 0.1) is 10.9 Å². The molecule has 0 radical (unpaired) electrons. The maximum atomic E-state index is 12.7. The first-order valence-electron chi connectivity index (χ1n) is 9.69. The van der Waals surface area contributed by atoms with Crippen molar-refractivity contribution in [1.29, 1.82) is 0 Å². The van der Waals surface area contributed by atoms with Crippen LogP contribution in [0.4, 0.5) is 5.69 Å². The van der Waals surface area contributed by atoms with Crippen molar-refractivity contribution in [1.82, 2.24) is 9.55 Å². The Morgan fingerprint density at radius 2 is 1.69 bits per heavy atom. The Morgan fingerprint density at radius 1 is 0.931 bits per heavy atom. The predicted molar refractivity (Wildman–Crippen MR) is 114 cm³/mol. The SMILES string of the molecule is O=C(Nc1ccc(-c2ccccc2)cc1)c1ccc2c(=O)n3c(nc2c1)CCC3. The lowest BCUT2D eigenvalue weighted by Gasteiger charge is -2.09. The van der Waals surface area contributed by atoms with E-state index in [9.17, 15) is 9.59 Å². The van der Waals surface area contributed by atoms with Crippen molar-refractivity contribution in [3.8, 4) is 11.1 Å². The fraction of sp³-hybridized carbons (Fsp3) is 0.125. The van der Waals surface area contributed by atoms with Crippen molar-refractivity contribution in [2.45, 2.75) is 19.4 Å². The number of aryl methyl sites for hydroxylation is 1. The summed E-state index contributed by atoms with van der Waals surface area (Å²) in [7, 11) is 0. The first kappa shape index (κ1) is 17.4. The third kappa shape index (κ3) is 3.21. The molecule has 2 heterocycles. The van der Waals surface area contributed by atoms with Crippen LogP contribution in [0.3, 0.4) is 0 Å². The third-order valence-electron chi connectivity index (χ3n) is 5.33. The van der Waals surface area contributed by atoms with Crippen molar-refractivity contribution in [3.05, 3.63) is 94.5 Å². The standard InChI is InChI=1S/C24H19N3O2/c28-23(25-19-11-8-17(9-12-19)16-5-2-1-3-6-16)18-10-13-20-21(15-18)26-22-7-4-14-27(22)24(20)29/h1-3,5-6,8-13,15H,4,7,14H2,(H,25,28). The van der Waals surface area contributed by atoms with Gasteiger partial charge in [0.15, 0.2) is 0 Å². The maximum absolute atomic E-state index is 12.7. The molecule has 5 nitrogen and oxygen atoms in total. The largest absolute Gasteiger partial charge is 0.322 e. The maximum Gasteiger partial charge on any atom is 0.261 e. The van der Waals surface area contributed by atoms with E-state index < -0.39 is 0 Å². The Labute approximate surface area is 167 Å². The van der Waals surface area contributed by atoms with Crippen LogP contribution in [0.25, 0.3) is 22.0 Å². The number of anilines is 1. The minimum atomic E-state index is -0.221. The van der Waals surface area contributed by atoms with E-state index in [1.807, 2.05) is 42.5 Å². The molecule has 1 N–H and O–H groups in total. The van der Waals surface area contributed by atoms with Crippen molar-refractivity contribution in [3.63, 3.8) is 0 Å². The van der Waals surface area contributed by atoms with Gasteiger partial charge in [0.1, 0.15) is 5.82 Å². The molecule has 142 valence electrons. The van der Waals surface area contributed by atoms with E-state index in [0.717, 1.165) is 42.0 Å². The summed E-state index contributed by atoms with van der Waals surface area (Å²) >= 11 is 0. The van der Waals surface area contributed by atoms with Crippen molar-refractivity contribution in [2.24, 2.45) is 0 Å². The summed E-state index contributed by atoms with van der Waals surface area (Å²) in [5.41, 5.74) is 3.98. The van der Waals surface area contributed by atoms with E-state index in [0.29, 0.717) is 16.5 Å². The number of hydrogen-bond donors (Lipinski definition) is 1. The molecule has 5 heteroatoms. The van der Waals surface area contributed by atoms with Gasteiger partial charge in [-0.1, -0.05) is 42.5 Å². The number of amides is 1. The van der Waals surface area contributed by atoms with Gasteiger partial charge < -0.3 is 5.32 Å². The minimum absolute atomic E-state index is 0.0223. The Balaban J connectivity index is 1.40. The molecule has 29 heavy (non-hydrogen) atoms. The number of rotatable bonds is 3. The van der Waals surface area contributed by atoms with Crippen molar-refractivity contribution >= 4 is 22.5 Å². The average Bonchev–Trinajstić information content (AvgIpc) is 3.23. The molecule has 0 fully saturated rings. The molecule has 4 aromatic rings. The van der Waals surface area contributed by atoms with Gasteiger partial charge in [-0.3, -0.25) is 14.2 Å². The van der Waals surface area contributed by atoms with E-state index in [2.05, 4.69) is 22.4 Å². The molecule has 0 spiro atoms. The molecule has 1 aliphatic heterocycles. The smallest absolute Gasteiger partial charge is 0.261 e. The first-order chi connectivity index (χ1) is 14.2. The first-order valence-corrected chi connectivity index (χ1v) is 9.69. The van der Waals surface area contributed by atoms with Gasteiger partial charge in [0, 0.05) is 24.2 Å². The summed E-state index contributed by atoms with van der Waals surface area (Å²) in [5, 5.41) is 3.47. The van der Waals surface area contributed by atoms with Crippen LogP contribution in [0.5, 0.6) is 0 Å². The molecule has 0 aliphatic carbocycles. The van der Waals surface area contributed by atoms with Crippen molar-refractivity contribution < 1.29 is 4.79 Å². The lowest BCUT2D eigenvalue weighted by molar-refractivity contribution is 0.102. The lowest BCUT2D eigenvalue weighted by atomic mass is 10.1. The fourth-order valence-electron chi connectivity index (χ4n) is 3.80. The van der Waals surface area contributed by atoms with E-state index in [4.69, 9.17) is 0 Å². The highest BCUT2D eigenvalue weighted by Crippen LogP contribution is 2.22. The summed E-state index contributed by atoms with van der Waals surface area (Å²) in [5.74, 6) is 0.582. The fourth-order valence-corrected chi connectivity index (χ4v) is 3.80. The van der Waals surface area contributed by atoms with E-state index in [1.165, 1.54) is 0 Å². The molecule has 1 aliphatic rings. The highest BCUT2D eigenvalue weighted by atomic mass is 16.1. The molecule has 0 atom stereocenters. The number of carbonyl (C=O) groups is 1. The number of benzene rings is 3. The zero-order chi connectivity index (χ0) is 19.8. The van der Waals surface area contributed by atoms with Crippen LogP contribution < -0.4 is 10.9 Å². The van der Waals surface area contributed by atoms with Crippen LogP contribution in [-0.2, 0) is 13.0 Å². The molecule has 0 unspecified atom stereocenters. The number of aromatic nitrogens is 2. The molecule has 1 aromatic heterocycles. The van der Waals surface area contributed by atoms with E-state index in [1.54, 1.807) is 22.8 Å². The number of nitrogens with zero attached hydrogens (tertiary/aromatic N) is 2. The Bertz CT molecular complexity index is 1280. The summed E-state index contributed by atoms with van der Waals surface area (Å²) in [6, 6.07) is 22.9. The quantitative estimate of drug-likeness (QED) is 0.577. The second kappa shape index (κ2) is 7.02. The number of fused-ring (bicyclic) bond motifs is 2. The third-order valence-corrected chi connectivity index (χ3v) is 5.33. The van der Waals surface area contributed by atoms with Gasteiger partial charge in [0.25, 0.3) is 11.5 Å². The second-order valence-electron chi connectivity index (χ2n) is 7.22. The minimum Gasteiger partial charge on any atom is -0.322 e. The number of nitrogens with one attached hydrogen (secondary N) is 1. The molecule has 3 aromatic carbocycles. The summed E-state index contributed by atoms with van der Waals surface area (Å²) in [4.78, 5) is 29.9. The van der Waals surface area contributed by atoms with Gasteiger partial charge in [0.2, 0.25) is 0 Å². The molecule has 0 saturated carbocycles. The van der Waals surface area contributed by atoms with Gasteiger partial charge in [-0.05, 0) is 47.9 Å². The highest BCUT2D eigenvalue weighted by molar-refractivity contribution is 6.06. The van der Waals surface area contributed by atoms with E-state index in [-0.39, 0.29) is 11.5 Å². The van der Waals surface area contributed by atoms with Gasteiger partial charge in [-0.25, -0.2) is 4.98 Å². The monoisotopic (exact) mass is 381 g/mol. The topological polar surface area (TPSA) is 64.0 Å². The van der Waals surface area contributed by atoms with Crippen LogP contribution in [0, 0.1) is 0 Å². The summed E-state index contributed by atoms with van der Waals surface area (Å²) in [6.45, 7) is 0.721. The summed E-state index contributed by atoms with van der Waals surface area (Å²) < 4.78 is 1.73. The number of carbonyl (C=O) groups excluding carboxylic acids is 1. The van der Waals surface area contributed by atoms with Gasteiger partial charge in [-0.2, -0.15) is 0 Å². The lowest BCUT2D eigenvalue weighted by Crippen LogP contribution is -2.21. The normalized spacial score (nSPS) is 12.7. The Hall–Kier alpha value is -3.73. The van der Waals surface area contributed by atoms with Crippen LogP contribution in [-0.4, -0.2) is 15.5 Å². The van der Waals surface area contributed by atoms with Crippen LogP contribution in [0.1, 0.15) is 22.6 Å². The molecule has 1 amide bonds. The molecular weight excluding hydrogens is 362 g/mol. The molecule has 0 bridgehead atoms. The van der Waals surface area contributed by atoms with Crippen LogP contribution in [0.15, 0.2) is 77.6 Å².